The third-order valence-electron chi connectivity index (χ3n) is 3.32. The van der Waals surface area contributed by atoms with Crippen molar-refractivity contribution in [3.05, 3.63) is 34.1 Å². The predicted octanol–water partition coefficient (Wildman–Crippen LogP) is 2.83. The van der Waals surface area contributed by atoms with Gasteiger partial charge in [-0.2, -0.15) is 0 Å². The smallest absolute Gasteiger partial charge is 0.140 e. The second-order valence-electron chi connectivity index (χ2n) is 4.63. The Morgan fingerprint density at radius 1 is 1.47 bits per heavy atom. The highest BCUT2D eigenvalue weighted by molar-refractivity contribution is 9.10. The number of nitrogens with two attached hydrogens (primary N) is 1. The van der Waals surface area contributed by atoms with Crippen LogP contribution in [-0.2, 0) is 11.2 Å². The number of halogens is 2. The summed E-state index contributed by atoms with van der Waals surface area (Å²) in [5.41, 5.74) is 6.51. The topological polar surface area (TPSA) is 43.1 Å². The van der Waals surface area contributed by atoms with Crippen molar-refractivity contribution in [2.45, 2.75) is 31.7 Å². The maximum absolute atomic E-state index is 13.3. The van der Waals surface area contributed by atoms with Gasteiger partial charge in [0.15, 0.2) is 0 Å². The molecule has 17 heavy (non-hydrogen) atoms. The Bertz CT molecular complexity index is 435. The zero-order valence-corrected chi connectivity index (χ0v) is 11.0. The molecule has 2 rings (SSSR count). The van der Waals surface area contributed by atoms with E-state index in [1.807, 2.05) is 0 Å². The highest BCUT2D eigenvalue weighted by atomic mass is 79.9. The summed E-state index contributed by atoms with van der Waals surface area (Å²) in [6.07, 6.45) is 2.84. The fourth-order valence-electron chi connectivity index (χ4n) is 2.33. The minimum Gasteiger partial charge on any atom is -0.328 e. The molecule has 4 heteroatoms. The average Bonchev–Trinajstić information content (AvgIpc) is 2.72. The van der Waals surface area contributed by atoms with Crippen molar-refractivity contribution >= 4 is 21.7 Å². The first-order valence-electron chi connectivity index (χ1n) is 5.79. The van der Waals surface area contributed by atoms with Gasteiger partial charge in [-0.1, -0.05) is 12.1 Å². The lowest BCUT2D eigenvalue weighted by atomic mass is 9.96. The van der Waals surface area contributed by atoms with E-state index < -0.39 is 0 Å². The van der Waals surface area contributed by atoms with Gasteiger partial charge < -0.3 is 5.73 Å². The summed E-state index contributed by atoms with van der Waals surface area (Å²) in [7, 11) is 0. The van der Waals surface area contributed by atoms with Crippen molar-refractivity contribution in [1.29, 1.82) is 0 Å². The first kappa shape index (κ1) is 12.7. The maximum atomic E-state index is 13.3. The normalized spacial score (nSPS) is 23.9. The molecule has 2 N–H and O–H groups in total. The van der Waals surface area contributed by atoms with Crippen molar-refractivity contribution in [1.82, 2.24) is 0 Å². The zero-order valence-electron chi connectivity index (χ0n) is 9.46. The van der Waals surface area contributed by atoms with Crippen LogP contribution in [0.2, 0.25) is 0 Å². The Labute approximate surface area is 109 Å². The van der Waals surface area contributed by atoms with Crippen LogP contribution < -0.4 is 5.73 Å². The van der Waals surface area contributed by atoms with E-state index in [4.69, 9.17) is 5.73 Å². The largest absolute Gasteiger partial charge is 0.328 e. The van der Waals surface area contributed by atoms with Gasteiger partial charge in [-0.25, -0.2) is 4.39 Å². The van der Waals surface area contributed by atoms with Crippen molar-refractivity contribution in [3.63, 3.8) is 0 Å². The summed E-state index contributed by atoms with van der Waals surface area (Å²) in [5.74, 6) is -0.0946. The van der Waals surface area contributed by atoms with Gasteiger partial charge in [0.05, 0.1) is 4.47 Å². The van der Waals surface area contributed by atoms with Crippen LogP contribution >= 0.6 is 15.9 Å². The molecule has 2 atom stereocenters. The highest BCUT2D eigenvalue weighted by Gasteiger charge is 2.27. The predicted molar refractivity (Wildman–Crippen MR) is 68.1 cm³/mol. The summed E-state index contributed by atoms with van der Waals surface area (Å²) in [6.45, 7) is 0. The van der Waals surface area contributed by atoms with Gasteiger partial charge in [-0.3, -0.25) is 4.79 Å². The molecule has 92 valence electrons. The molecule has 1 aromatic carbocycles. The molecule has 0 saturated heterocycles. The number of benzene rings is 1. The number of hydrogen-bond acceptors (Lipinski definition) is 2. The first-order chi connectivity index (χ1) is 8.08. The maximum Gasteiger partial charge on any atom is 0.140 e. The second-order valence-corrected chi connectivity index (χ2v) is 5.42. The van der Waals surface area contributed by atoms with Gasteiger partial charge >= 0.3 is 0 Å². The molecule has 1 aromatic rings. The summed E-state index contributed by atoms with van der Waals surface area (Å²) >= 11 is 3.18. The SMILES string of the molecule is NC1CCC(C(=O)Cc2cccc(F)c2Br)C1. The van der Waals surface area contributed by atoms with Crippen LogP contribution in [0.4, 0.5) is 4.39 Å². The van der Waals surface area contributed by atoms with E-state index in [0.29, 0.717) is 4.47 Å². The summed E-state index contributed by atoms with van der Waals surface area (Å²) in [5, 5.41) is 0. The van der Waals surface area contributed by atoms with Crippen LogP contribution in [0.5, 0.6) is 0 Å². The van der Waals surface area contributed by atoms with Crippen molar-refractivity contribution in [2.75, 3.05) is 0 Å². The van der Waals surface area contributed by atoms with Gasteiger partial charge in [-0.15, -0.1) is 0 Å². The van der Waals surface area contributed by atoms with Crippen LogP contribution in [0.25, 0.3) is 0 Å². The molecule has 1 aliphatic rings. The minimum absolute atomic E-state index is 0.0557. The molecule has 0 aliphatic heterocycles. The standard InChI is InChI=1S/C13H15BrFNO/c14-13-9(2-1-3-11(13)15)7-12(17)8-4-5-10(16)6-8/h1-3,8,10H,4-7,16H2. The van der Waals surface area contributed by atoms with E-state index in [0.717, 1.165) is 24.8 Å². The molecule has 0 heterocycles. The van der Waals surface area contributed by atoms with Gasteiger partial charge in [0, 0.05) is 18.4 Å². The molecular formula is C13H15BrFNO. The Morgan fingerprint density at radius 3 is 2.88 bits per heavy atom. The Morgan fingerprint density at radius 2 is 2.24 bits per heavy atom. The summed E-state index contributed by atoms with van der Waals surface area (Å²) < 4.78 is 13.7. The van der Waals surface area contributed by atoms with Crippen LogP contribution in [0.15, 0.2) is 22.7 Å². The first-order valence-corrected chi connectivity index (χ1v) is 6.58. The number of carbonyl (C=O) groups is 1. The third kappa shape index (κ3) is 2.93. The zero-order chi connectivity index (χ0) is 12.4. The second kappa shape index (κ2) is 5.27. The Kier molecular flexibility index (Phi) is 3.94. The number of hydrogen-bond donors (Lipinski definition) is 1. The Hall–Kier alpha value is -0.740. The number of ketones is 1. The van der Waals surface area contributed by atoms with E-state index in [9.17, 15) is 9.18 Å². The molecular weight excluding hydrogens is 285 g/mol. The number of carbonyl (C=O) groups excluding carboxylic acids is 1. The number of Topliss-reactive ketones (excluding diaryl/α,β-unsaturated/α-hetero) is 1. The fourth-order valence-corrected chi connectivity index (χ4v) is 2.73. The van der Waals surface area contributed by atoms with Gasteiger partial charge in [-0.05, 0) is 46.8 Å². The van der Waals surface area contributed by atoms with E-state index in [2.05, 4.69) is 15.9 Å². The lowest BCUT2D eigenvalue weighted by molar-refractivity contribution is -0.122. The molecule has 2 unspecified atom stereocenters. The summed E-state index contributed by atoms with van der Waals surface area (Å²) in [4.78, 5) is 12.0. The Balaban J connectivity index is 2.06. The molecule has 1 saturated carbocycles. The van der Waals surface area contributed by atoms with Gasteiger partial charge in [0.2, 0.25) is 0 Å². The fraction of sp³-hybridized carbons (Fsp3) is 0.462. The lowest BCUT2D eigenvalue weighted by Gasteiger charge is -2.09. The quantitative estimate of drug-likeness (QED) is 0.933. The van der Waals surface area contributed by atoms with Crippen molar-refractivity contribution in [2.24, 2.45) is 11.7 Å². The molecule has 0 amide bonds. The average molecular weight is 300 g/mol. The summed E-state index contributed by atoms with van der Waals surface area (Å²) in [6, 6.07) is 4.94. The third-order valence-corrected chi connectivity index (χ3v) is 4.21. The van der Waals surface area contributed by atoms with Gasteiger partial charge in [0.25, 0.3) is 0 Å². The van der Waals surface area contributed by atoms with Crippen LogP contribution in [0.1, 0.15) is 24.8 Å². The molecule has 0 radical (unpaired) electrons. The molecule has 2 nitrogen and oxygen atoms in total. The van der Waals surface area contributed by atoms with E-state index in [-0.39, 0.29) is 30.0 Å². The van der Waals surface area contributed by atoms with Crippen LogP contribution in [0.3, 0.4) is 0 Å². The highest BCUT2D eigenvalue weighted by Crippen LogP contribution is 2.28. The molecule has 1 aliphatic carbocycles. The van der Waals surface area contributed by atoms with Crippen LogP contribution in [-0.4, -0.2) is 11.8 Å². The van der Waals surface area contributed by atoms with E-state index in [1.54, 1.807) is 12.1 Å². The molecule has 1 fully saturated rings. The van der Waals surface area contributed by atoms with Gasteiger partial charge in [0.1, 0.15) is 11.6 Å². The molecule has 0 spiro atoms. The molecule has 0 bridgehead atoms. The van der Waals surface area contributed by atoms with Crippen LogP contribution in [0, 0.1) is 11.7 Å². The minimum atomic E-state index is -0.321. The van der Waals surface area contributed by atoms with Crippen molar-refractivity contribution in [3.8, 4) is 0 Å². The monoisotopic (exact) mass is 299 g/mol. The lowest BCUT2D eigenvalue weighted by Crippen LogP contribution is -2.19. The van der Waals surface area contributed by atoms with E-state index in [1.165, 1.54) is 6.07 Å². The number of rotatable bonds is 3. The molecule has 0 aromatic heterocycles. The van der Waals surface area contributed by atoms with E-state index >= 15 is 0 Å². The van der Waals surface area contributed by atoms with Crippen molar-refractivity contribution < 1.29 is 9.18 Å².